The highest BCUT2D eigenvalue weighted by Crippen LogP contribution is 2.40. The van der Waals surface area contributed by atoms with Gasteiger partial charge >= 0.3 is 0 Å². The summed E-state index contributed by atoms with van der Waals surface area (Å²) in [6, 6.07) is 1.76. The lowest BCUT2D eigenvalue weighted by Gasteiger charge is -2.20. The van der Waals surface area contributed by atoms with Crippen LogP contribution >= 0.6 is 0 Å². The summed E-state index contributed by atoms with van der Waals surface area (Å²) >= 11 is 0. The van der Waals surface area contributed by atoms with Crippen LogP contribution in [0, 0.1) is 5.41 Å². The Kier molecular flexibility index (Phi) is 1.98. The minimum absolute atomic E-state index is 0.121. The van der Waals surface area contributed by atoms with Gasteiger partial charge in [-0.25, -0.2) is 0 Å². The van der Waals surface area contributed by atoms with Crippen LogP contribution in [0.15, 0.2) is 23.0 Å². The SMILES string of the molecule is CC1(C(=O)c2ccoc2)CCCC1. The highest BCUT2D eigenvalue weighted by molar-refractivity contribution is 6.00. The maximum Gasteiger partial charge on any atom is 0.171 e. The van der Waals surface area contributed by atoms with Crippen molar-refractivity contribution in [2.45, 2.75) is 32.6 Å². The molecule has 0 saturated heterocycles. The van der Waals surface area contributed by atoms with Gasteiger partial charge in [0.15, 0.2) is 5.78 Å². The zero-order chi connectivity index (χ0) is 9.31. The predicted molar refractivity (Wildman–Crippen MR) is 49.6 cm³/mol. The number of Topliss-reactive ketones (excluding diaryl/α,β-unsaturated/α-hetero) is 1. The van der Waals surface area contributed by atoms with Crippen molar-refractivity contribution in [3.63, 3.8) is 0 Å². The maximum atomic E-state index is 12.0. The minimum Gasteiger partial charge on any atom is -0.472 e. The van der Waals surface area contributed by atoms with E-state index in [0.29, 0.717) is 0 Å². The summed E-state index contributed by atoms with van der Waals surface area (Å²) in [4.78, 5) is 12.0. The van der Waals surface area contributed by atoms with Crippen LogP contribution in [0.3, 0.4) is 0 Å². The van der Waals surface area contributed by atoms with Gasteiger partial charge in [0, 0.05) is 5.41 Å². The summed E-state index contributed by atoms with van der Waals surface area (Å²) in [6.45, 7) is 2.06. The molecule has 0 atom stereocenters. The number of hydrogen-bond acceptors (Lipinski definition) is 2. The largest absolute Gasteiger partial charge is 0.472 e. The number of ketones is 1. The molecular weight excluding hydrogens is 164 g/mol. The van der Waals surface area contributed by atoms with E-state index in [1.807, 2.05) is 0 Å². The number of carbonyl (C=O) groups excluding carboxylic acids is 1. The van der Waals surface area contributed by atoms with E-state index in [-0.39, 0.29) is 11.2 Å². The third kappa shape index (κ3) is 1.41. The molecule has 0 bridgehead atoms. The zero-order valence-electron chi connectivity index (χ0n) is 7.88. The molecule has 0 N–H and O–H groups in total. The molecule has 1 aromatic rings. The Hall–Kier alpha value is -1.05. The Balaban J connectivity index is 2.21. The maximum absolute atomic E-state index is 12.0. The third-order valence-corrected chi connectivity index (χ3v) is 3.04. The van der Waals surface area contributed by atoms with Crippen molar-refractivity contribution in [3.05, 3.63) is 24.2 Å². The average molecular weight is 178 g/mol. The zero-order valence-corrected chi connectivity index (χ0v) is 7.88. The third-order valence-electron chi connectivity index (χ3n) is 3.04. The molecule has 2 rings (SSSR count). The van der Waals surface area contributed by atoms with Gasteiger partial charge in [0.1, 0.15) is 6.26 Å². The molecule has 70 valence electrons. The Morgan fingerprint density at radius 1 is 1.46 bits per heavy atom. The van der Waals surface area contributed by atoms with Gasteiger partial charge in [-0.3, -0.25) is 4.79 Å². The Morgan fingerprint density at radius 3 is 2.69 bits per heavy atom. The van der Waals surface area contributed by atoms with E-state index in [9.17, 15) is 4.79 Å². The van der Waals surface area contributed by atoms with E-state index in [1.54, 1.807) is 18.6 Å². The molecule has 2 nitrogen and oxygen atoms in total. The molecule has 1 aliphatic carbocycles. The standard InChI is InChI=1S/C11H14O2/c1-11(5-2-3-6-11)10(12)9-4-7-13-8-9/h4,7-8H,2-3,5-6H2,1H3. The fourth-order valence-electron chi connectivity index (χ4n) is 2.12. The van der Waals surface area contributed by atoms with E-state index in [1.165, 1.54) is 12.8 Å². The molecule has 2 heteroatoms. The van der Waals surface area contributed by atoms with Crippen LogP contribution in [0.2, 0.25) is 0 Å². The van der Waals surface area contributed by atoms with Gasteiger partial charge in [-0.2, -0.15) is 0 Å². The van der Waals surface area contributed by atoms with Crippen LogP contribution in [0.1, 0.15) is 43.0 Å². The highest BCUT2D eigenvalue weighted by Gasteiger charge is 2.36. The van der Waals surface area contributed by atoms with E-state index in [0.717, 1.165) is 18.4 Å². The number of hydrogen-bond donors (Lipinski definition) is 0. The Morgan fingerprint density at radius 2 is 2.15 bits per heavy atom. The summed E-state index contributed by atoms with van der Waals surface area (Å²) in [5.41, 5.74) is 0.605. The van der Waals surface area contributed by atoms with Gasteiger partial charge in [-0.05, 0) is 18.9 Å². The van der Waals surface area contributed by atoms with E-state index in [4.69, 9.17) is 4.42 Å². The lowest BCUT2D eigenvalue weighted by Crippen LogP contribution is -2.23. The molecule has 0 aromatic carbocycles. The van der Waals surface area contributed by atoms with E-state index < -0.39 is 0 Å². The van der Waals surface area contributed by atoms with Gasteiger partial charge in [0.2, 0.25) is 0 Å². The van der Waals surface area contributed by atoms with Crippen molar-refractivity contribution in [2.75, 3.05) is 0 Å². The monoisotopic (exact) mass is 178 g/mol. The van der Waals surface area contributed by atoms with Gasteiger partial charge in [0.05, 0.1) is 11.8 Å². The molecule has 0 radical (unpaired) electrons. The van der Waals surface area contributed by atoms with Crippen molar-refractivity contribution < 1.29 is 9.21 Å². The molecule has 0 unspecified atom stereocenters. The molecule has 13 heavy (non-hydrogen) atoms. The second kappa shape index (κ2) is 3.02. The minimum atomic E-state index is -0.121. The van der Waals surface area contributed by atoms with Crippen molar-refractivity contribution in [2.24, 2.45) is 5.41 Å². The van der Waals surface area contributed by atoms with Gasteiger partial charge in [-0.1, -0.05) is 19.8 Å². The van der Waals surface area contributed by atoms with Crippen molar-refractivity contribution in [1.82, 2.24) is 0 Å². The van der Waals surface area contributed by atoms with E-state index in [2.05, 4.69) is 6.92 Å². The molecule has 0 amide bonds. The van der Waals surface area contributed by atoms with Crippen LogP contribution in [0.4, 0.5) is 0 Å². The van der Waals surface area contributed by atoms with Crippen molar-refractivity contribution in [3.8, 4) is 0 Å². The number of carbonyl (C=O) groups is 1. The fourth-order valence-corrected chi connectivity index (χ4v) is 2.12. The molecule has 0 spiro atoms. The van der Waals surface area contributed by atoms with Crippen molar-refractivity contribution >= 4 is 5.78 Å². The molecule has 1 fully saturated rings. The van der Waals surface area contributed by atoms with Crippen LogP contribution in [0.5, 0.6) is 0 Å². The quantitative estimate of drug-likeness (QED) is 0.651. The van der Waals surface area contributed by atoms with Gasteiger partial charge in [0.25, 0.3) is 0 Å². The summed E-state index contributed by atoms with van der Waals surface area (Å²) in [5, 5.41) is 0. The van der Waals surface area contributed by atoms with Crippen LogP contribution in [-0.4, -0.2) is 5.78 Å². The smallest absolute Gasteiger partial charge is 0.171 e. The Labute approximate surface area is 77.9 Å². The molecule has 1 aromatic heterocycles. The summed E-state index contributed by atoms with van der Waals surface area (Å²) in [6.07, 6.45) is 7.52. The molecule has 1 saturated carbocycles. The molecule has 1 aliphatic rings. The fraction of sp³-hybridized carbons (Fsp3) is 0.545. The summed E-state index contributed by atoms with van der Waals surface area (Å²) in [7, 11) is 0. The Bertz CT molecular complexity index is 292. The van der Waals surface area contributed by atoms with E-state index >= 15 is 0 Å². The topological polar surface area (TPSA) is 30.2 Å². The first kappa shape index (κ1) is 8.54. The van der Waals surface area contributed by atoms with Gasteiger partial charge < -0.3 is 4.42 Å². The van der Waals surface area contributed by atoms with Crippen molar-refractivity contribution in [1.29, 1.82) is 0 Å². The average Bonchev–Trinajstić information content (AvgIpc) is 2.73. The second-order valence-corrected chi connectivity index (χ2v) is 4.11. The lowest BCUT2D eigenvalue weighted by atomic mass is 9.81. The normalized spacial score (nSPS) is 20.4. The first-order chi connectivity index (χ1) is 6.22. The number of furan rings is 1. The van der Waals surface area contributed by atoms with Crippen LogP contribution in [-0.2, 0) is 0 Å². The predicted octanol–water partition coefficient (Wildman–Crippen LogP) is 3.04. The van der Waals surface area contributed by atoms with Gasteiger partial charge in [-0.15, -0.1) is 0 Å². The molecule has 0 aliphatic heterocycles. The first-order valence-electron chi connectivity index (χ1n) is 4.79. The lowest BCUT2D eigenvalue weighted by molar-refractivity contribution is 0.0823. The first-order valence-corrected chi connectivity index (χ1v) is 4.79. The van der Waals surface area contributed by atoms with Crippen LogP contribution in [0.25, 0.3) is 0 Å². The number of rotatable bonds is 2. The van der Waals surface area contributed by atoms with Crippen LogP contribution < -0.4 is 0 Å². The second-order valence-electron chi connectivity index (χ2n) is 4.11. The summed E-state index contributed by atoms with van der Waals surface area (Å²) in [5.74, 6) is 0.249. The molecular formula is C11H14O2. The molecule has 1 heterocycles. The summed E-state index contributed by atoms with van der Waals surface area (Å²) < 4.78 is 4.92. The highest BCUT2D eigenvalue weighted by atomic mass is 16.3.